The van der Waals surface area contributed by atoms with E-state index in [2.05, 4.69) is 10.6 Å². The Morgan fingerprint density at radius 1 is 1.10 bits per heavy atom. The Kier molecular flexibility index (Phi) is 7.37. The van der Waals surface area contributed by atoms with Gasteiger partial charge in [-0.2, -0.15) is 0 Å². The predicted octanol–water partition coefficient (Wildman–Crippen LogP) is 4.28. The fourth-order valence-corrected chi connectivity index (χ4v) is 3.53. The van der Waals surface area contributed by atoms with E-state index >= 15 is 0 Å². The molecule has 0 aromatic heterocycles. The quantitative estimate of drug-likeness (QED) is 0.392. The number of ether oxygens (including phenoxy) is 1. The molecule has 0 saturated heterocycles. The Hall–Kier alpha value is -3.68. The second-order valence-electron chi connectivity index (χ2n) is 7.42. The molecule has 1 saturated carbocycles. The Bertz CT molecular complexity index is 979. The molecule has 2 amide bonds. The number of rotatable bonds is 7. The summed E-state index contributed by atoms with van der Waals surface area (Å²) < 4.78 is 5.11. The molecule has 0 aliphatic heterocycles. The smallest absolute Gasteiger partial charge is 0.272 e. The van der Waals surface area contributed by atoms with Crippen molar-refractivity contribution in [2.45, 2.75) is 32.1 Å². The molecule has 8 nitrogen and oxygen atoms in total. The minimum absolute atomic E-state index is 0.0342. The standard InChI is InChI=1S/C23H25N3O5/c1-31-20-12-10-18(11-13-20)24-23(28)21(25-22(27)17-7-3-2-4-8-17)15-16-6-5-9-19(14-16)26(29)30/h5-6,9-15,17H,2-4,7-8H2,1H3,(H,24,28)(H,25,27). The van der Waals surface area contributed by atoms with Gasteiger partial charge < -0.3 is 15.4 Å². The summed E-state index contributed by atoms with van der Waals surface area (Å²) in [6, 6.07) is 12.7. The number of amides is 2. The largest absolute Gasteiger partial charge is 0.497 e. The number of nitrogens with zero attached hydrogens (tertiary/aromatic N) is 1. The van der Waals surface area contributed by atoms with E-state index in [1.54, 1.807) is 37.4 Å². The summed E-state index contributed by atoms with van der Waals surface area (Å²) in [5, 5.41) is 16.6. The molecule has 2 N–H and O–H groups in total. The van der Waals surface area contributed by atoms with Crippen LogP contribution in [0.3, 0.4) is 0 Å². The molecule has 31 heavy (non-hydrogen) atoms. The van der Waals surface area contributed by atoms with E-state index in [0.717, 1.165) is 32.1 Å². The molecule has 2 aromatic carbocycles. The van der Waals surface area contributed by atoms with Crippen LogP contribution in [0.15, 0.2) is 54.2 Å². The lowest BCUT2D eigenvalue weighted by Crippen LogP contribution is -2.35. The molecule has 0 spiro atoms. The molecule has 0 radical (unpaired) electrons. The molecular formula is C23H25N3O5. The van der Waals surface area contributed by atoms with Gasteiger partial charge >= 0.3 is 0 Å². The lowest BCUT2D eigenvalue weighted by atomic mass is 9.88. The molecule has 2 aromatic rings. The summed E-state index contributed by atoms with van der Waals surface area (Å²) in [5.41, 5.74) is 0.912. The van der Waals surface area contributed by atoms with Crippen LogP contribution in [0, 0.1) is 16.0 Å². The van der Waals surface area contributed by atoms with E-state index in [-0.39, 0.29) is 23.2 Å². The number of carbonyl (C=O) groups excluding carboxylic acids is 2. The number of nitro groups is 1. The average Bonchev–Trinajstić information content (AvgIpc) is 2.79. The van der Waals surface area contributed by atoms with E-state index in [9.17, 15) is 19.7 Å². The van der Waals surface area contributed by atoms with E-state index in [1.807, 2.05) is 0 Å². The van der Waals surface area contributed by atoms with Crippen molar-refractivity contribution < 1.29 is 19.2 Å². The van der Waals surface area contributed by atoms with Gasteiger partial charge in [-0.25, -0.2) is 0 Å². The van der Waals surface area contributed by atoms with Crippen LogP contribution in [0.1, 0.15) is 37.7 Å². The highest BCUT2D eigenvalue weighted by atomic mass is 16.6. The van der Waals surface area contributed by atoms with E-state index in [0.29, 0.717) is 17.0 Å². The van der Waals surface area contributed by atoms with Gasteiger partial charge in [0.15, 0.2) is 0 Å². The minimum atomic E-state index is -0.513. The second-order valence-corrected chi connectivity index (χ2v) is 7.42. The molecule has 162 valence electrons. The van der Waals surface area contributed by atoms with E-state index in [4.69, 9.17) is 4.74 Å². The van der Waals surface area contributed by atoms with Crippen LogP contribution in [0.4, 0.5) is 11.4 Å². The molecule has 1 aliphatic carbocycles. The third-order valence-electron chi connectivity index (χ3n) is 5.22. The molecule has 0 unspecified atom stereocenters. The zero-order valence-electron chi connectivity index (χ0n) is 17.3. The monoisotopic (exact) mass is 423 g/mol. The first kappa shape index (κ1) is 22.0. The van der Waals surface area contributed by atoms with Crippen molar-refractivity contribution in [1.29, 1.82) is 0 Å². The molecule has 8 heteroatoms. The first-order chi connectivity index (χ1) is 15.0. The normalized spacial score (nSPS) is 14.5. The summed E-state index contributed by atoms with van der Waals surface area (Å²) in [7, 11) is 1.55. The number of nitrogens with one attached hydrogen (secondary N) is 2. The van der Waals surface area contributed by atoms with Crippen molar-refractivity contribution in [2.24, 2.45) is 5.92 Å². The fraction of sp³-hybridized carbons (Fsp3) is 0.304. The van der Waals surface area contributed by atoms with Crippen molar-refractivity contribution in [3.05, 3.63) is 69.9 Å². The van der Waals surface area contributed by atoms with Crippen LogP contribution >= 0.6 is 0 Å². The van der Waals surface area contributed by atoms with Crippen LogP contribution < -0.4 is 15.4 Å². The number of hydrogen-bond acceptors (Lipinski definition) is 5. The van der Waals surface area contributed by atoms with Crippen molar-refractivity contribution >= 4 is 29.3 Å². The van der Waals surface area contributed by atoms with Gasteiger partial charge in [0.25, 0.3) is 11.6 Å². The average molecular weight is 423 g/mol. The highest BCUT2D eigenvalue weighted by Crippen LogP contribution is 2.24. The number of benzene rings is 2. The van der Waals surface area contributed by atoms with Gasteiger partial charge in [-0.1, -0.05) is 31.4 Å². The van der Waals surface area contributed by atoms with Gasteiger partial charge in [-0.15, -0.1) is 0 Å². The summed E-state index contributed by atoms with van der Waals surface area (Å²) in [6.45, 7) is 0. The summed E-state index contributed by atoms with van der Waals surface area (Å²) in [5.74, 6) is -0.214. The third-order valence-corrected chi connectivity index (χ3v) is 5.22. The number of methoxy groups -OCH3 is 1. The fourth-order valence-electron chi connectivity index (χ4n) is 3.53. The Morgan fingerprint density at radius 2 is 1.81 bits per heavy atom. The van der Waals surface area contributed by atoms with Crippen LogP contribution in [-0.2, 0) is 9.59 Å². The Labute approximate surface area is 180 Å². The van der Waals surface area contributed by atoms with Crippen molar-refractivity contribution in [3.8, 4) is 5.75 Å². The maximum Gasteiger partial charge on any atom is 0.272 e. The highest BCUT2D eigenvalue weighted by molar-refractivity contribution is 6.08. The van der Waals surface area contributed by atoms with Crippen LogP contribution in [0.25, 0.3) is 6.08 Å². The molecule has 0 bridgehead atoms. The number of non-ortho nitro benzene ring substituents is 1. The van der Waals surface area contributed by atoms with Crippen LogP contribution in [0.5, 0.6) is 5.75 Å². The predicted molar refractivity (Wildman–Crippen MR) is 117 cm³/mol. The number of nitro benzene ring substituents is 1. The SMILES string of the molecule is COc1ccc(NC(=O)C(=Cc2cccc([N+](=O)[O-])c2)NC(=O)C2CCCCC2)cc1. The van der Waals surface area contributed by atoms with Gasteiger partial charge in [0.2, 0.25) is 5.91 Å². The molecular weight excluding hydrogens is 398 g/mol. The highest BCUT2D eigenvalue weighted by Gasteiger charge is 2.23. The molecule has 0 heterocycles. The Morgan fingerprint density at radius 3 is 2.45 bits per heavy atom. The maximum absolute atomic E-state index is 12.9. The number of anilines is 1. The molecule has 3 rings (SSSR count). The van der Waals surface area contributed by atoms with Crippen molar-refractivity contribution in [3.63, 3.8) is 0 Å². The van der Waals surface area contributed by atoms with Gasteiger partial charge in [0.1, 0.15) is 11.4 Å². The van der Waals surface area contributed by atoms with Crippen molar-refractivity contribution in [1.82, 2.24) is 5.32 Å². The molecule has 1 aliphatic rings. The number of carbonyl (C=O) groups is 2. The first-order valence-corrected chi connectivity index (χ1v) is 10.2. The van der Waals surface area contributed by atoms with E-state index in [1.165, 1.54) is 24.3 Å². The first-order valence-electron chi connectivity index (χ1n) is 10.2. The summed E-state index contributed by atoms with van der Waals surface area (Å²) >= 11 is 0. The van der Waals surface area contributed by atoms with E-state index < -0.39 is 10.8 Å². The number of hydrogen-bond donors (Lipinski definition) is 2. The Balaban J connectivity index is 1.84. The lowest BCUT2D eigenvalue weighted by Gasteiger charge is -2.21. The van der Waals surface area contributed by atoms with Gasteiger partial charge in [0.05, 0.1) is 12.0 Å². The van der Waals surface area contributed by atoms with Crippen LogP contribution in [-0.4, -0.2) is 23.8 Å². The zero-order valence-corrected chi connectivity index (χ0v) is 17.3. The van der Waals surface area contributed by atoms with Crippen LogP contribution in [0.2, 0.25) is 0 Å². The molecule has 1 fully saturated rings. The second kappa shape index (κ2) is 10.4. The minimum Gasteiger partial charge on any atom is -0.497 e. The zero-order chi connectivity index (χ0) is 22.2. The summed E-state index contributed by atoms with van der Waals surface area (Å²) in [6.07, 6.45) is 6.11. The molecule has 0 atom stereocenters. The van der Waals surface area contributed by atoms with Gasteiger partial charge in [-0.3, -0.25) is 19.7 Å². The summed E-state index contributed by atoms with van der Waals surface area (Å²) in [4.78, 5) is 36.3. The van der Waals surface area contributed by atoms with Crippen molar-refractivity contribution in [2.75, 3.05) is 12.4 Å². The third kappa shape index (κ3) is 6.15. The van der Waals surface area contributed by atoms with Gasteiger partial charge in [0, 0.05) is 23.7 Å². The lowest BCUT2D eigenvalue weighted by molar-refractivity contribution is -0.384. The van der Waals surface area contributed by atoms with Gasteiger partial charge in [-0.05, 0) is 48.7 Å². The topological polar surface area (TPSA) is 111 Å². The maximum atomic E-state index is 12.9.